The Balaban J connectivity index is 1.89. The Morgan fingerprint density at radius 1 is 1.14 bits per heavy atom. The highest BCUT2D eigenvalue weighted by Gasteiger charge is 2.09. The molecule has 4 nitrogen and oxygen atoms in total. The Bertz CT molecular complexity index is 610. The quantitative estimate of drug-likeness (QED) is 0.765. The molecule has 0 amide bonds. The molecule has 2 N–H and O–H groups in total. The predicted molar refractivity (Wildman–Crippen MR) is 83.2 cm³/mol. The second-order valence-electron chi connectivity index (χ2n) is 4.59. The molecule has 0 unspecified atom stereocenters. The first-order valence-electron chi connectivity index (χ1n) is 6.99. The summed E-state index contributed by atoms with van der Waals surface area (Å²) in [5.41, 5.74) is 2.53. The lowest BCUT2D eigenvalue weighted by molar-refractivity contribution is 0.0692. The summed E-state index contributed by atoms with van der Waals surface area (Å²) in [6.45, 7) is 3.13. The van der Waals surface area contributed by atoms with Crippen molar-refractivity contribution < 1.29 is 14.6 Å². The van der Waals surface area contributed by atoms with E-state index in [2.05, 4.69) is 18.3 Å². The van der Waals surface area contributed by atoms with Crippen LogP contribution in [0, 0.1) is 0 Å². The molecular weight excluding hydrogens is 266 g/mol. The zero-order chi connectivity index (χ0) is 15.1. The Morgan fingerprint density at radius 2 is 1.86 bits per heavy atom. The van der Waals surface area contributed by atoms with Crippen molar-refractivity contribution in [2.75, 3.05) is 18.5 Å². The number of aromatic carboxylic acids is 1. The van der Waals surface area contributed by atoms with E-state index in [0.29, 0.717) is 18.9 Å². The molecule has 0 heterocycles. The fourth-order valence-corrected chi connectivity index (χ4v) is 2.12. The summed E-state index contributed by atoms with van der Waals surface area (Å²) >= 11 is 0. The van der Waals surface area contributed by atoms with Crippen molar-refractivity contribution in [2.24, 2.45) is 0 Å². The molecule has 110 valence electrons. The number of carboxylic acid groups (broad SMARTS) is 1. The summed E-state index contributed by atoms with van der Waals surface area (Å²) in [4.78, 5) is 11.1. The van der Waals surface area contributed by atoms with Gasteiger partial charge < -0.3 is 15.2 Å². The molecule has 0 aromatic heterocycles. The van der Waals surface area contributed by atoms with E-state index in [-0.39, 0.29) is 5.56 Å². The zero-order valence-electron chi connectivity index (χ0n) is 12.0. The lowest BCUT2D eigenvalue weighted by Gasteiger charge is -2.12. The maximum atomic E-state index is 11.1. The highest BCUT2D eigenvalue weighted by atomic mass is 16.5. The molecule has 2 aromatic carbocycles. The average molecular weight is 285 g/mol. The highest BCUT2D eigenvalue weighted by molar-refractivity contribution is 5.90. The molecule has 21 heavy (non-hydrogen) atoms. The van der Waals surface area contributed by atoms with Gasteiger partial charge in [-0.25, -0.2) is 4.79 Å². The lowest BCUT2D eigenvalue weighted by atomic mass is 10.1. The van der Waals surface area contributed by atoms with Gasteiger partial charge in [-0.1, -0.05) is 37.3 Å². The maximum Gasteiger partial charge on any atom is 0.339 e. The molecule has 0 saturated carbocycles. The Labute approximate surface area is 124 Å². The van der Waals surface area contributed by atoms with Crippen LogP contribution >= 0.6 is 0 Å². The molecule has 4 heteroatoms. The van der Waals surface area contributed by atoms with E-state index in [1.54, 1.807) is 18.2 Å². The van der Waals surface area contributed by atoms with Gasteiger partial charge in [0.25, 0.3) is 0 Å². The minimum Gasteiger partial charge on any atom is -0.491 e. The van der Waals surface area contributed by atoms with Crippen LogP contribution in [0.15, 0.2) is 48.5 Å². The van der Waals surface area contributed by atoms with Gasteiger partial charge in [0.15, 0.2) is 0 Å². The van der Waals surface area contributed by atoms with Crippen molar-refractivity contribution in [2.45, 2.75) is 13.3 Å². The van der Waals surface area contributed by atoms with Crippen LogP contribution in [0.25, 0.3) is 0 Å². The summed E-state index contributed by atoms with van der Waals surface area (Å²) in [6.07, 6.45) is 0.964. The van der Waals surface area contributed by atoms with Crippen LogP contribution in [0.4, 0.5) is 5.69 Å². The monoisotopic (exact) mass is 285 g/mol. The molecule has 2 aromatic rings. The van der Waals surface area contributed by atoms with Gasteiger partial charge in [-0.15, -0.1) is 0 Å². The minimum atomic E-state index is -0.977. The summed E-state index contributed by atoms with van der Waals surface area (Å²) in [7, 11) is 0. The van der Waals surface area contributed by atoms with Crippen molar-refractivity contribution in [1.29, 1.82) is 0 Å². The van der Waals surface area contributed by atoms with Gasteiger partial charge in [0.05, 0.1) is 0 Å². The Kier molecular flexibility index (Phi) is 5.21. The number of anilines is 1. The van der Waals surface area contributed by atoms with E-state index in [0.717, 1.165) is 12.1 Å². The van der Waals surface area contributed by atoms with E-state index in [9.17, 15) is 4.79 Å². The van der Waals surface area contributed by atoms with Gasteiger partial charge in [-0.2, -0.15) is 0 Å². The summed E-state index contributed by atoms with van der Waals surface area (Å²) in [5, 5.41) is 12.4. The van der Waals surface area contributed by atoms with Gasteiger partial charge in [-0.05, 0) is 30.2 Å². The minimum absolute atomic E-state index is 0.187. The third kappa shape index (κ3) is 3.99. The average Bonchev–Trinajstić information content (AvgIpc) is 2.52. The number of carboxylic acids is 1. The van der Waals surface area contributed by atoms with Crippen LogP contribution in [0.5, 0.6) is 5.75 Å². The smallest absolute Gasteiger partial charge is 0.339 e. The van der Waals surface area contributed by atoms with Gasteiger partial charge in [0, 0.05) is 12.2 Å². The third-order valence-electron chi connectivity index (χ3n) is 3.19. The van der Waals surface area contributed by atoms with Crippen LogP contribution in [-0.4, -0.2) is 24.2 Å². The number of benzene rings is 2. The molecule has 0 atom stereocenters. The van der Waals surface area contributed by atoms with Crippen LogP contribution < -0.4 is 10.1 Å². The largest absolute Gasteiger partial charge is 0.491 e. The van der Waals surface area contributed by atoms with Gasteiger partial charge >= 0.3 is 5.97 Å². The number of ether oxygens (including phenoxy) is 1. The number of para-hydroxylation sites is 2. The second-order valence-corrected chi connectivity index (χ2v) is 4.59. The molecular formula is C17H19NO3. The van der Waals surface area contributed by atoms with E-state index in [4.69, 9.17) is 9.84 Å². The van der Waals surface area contributed by atoms with E-state index in [1.165, 1.54) is 11.6 Å². The van der Waals surface area contributed by atoms with Crippen molar-refractivity contribution in [3.8, 4) is 5.75 Å². The second kappa shape index (κ2) is 7.33. The molecule has 0 saturated heterocycles. The standard InChI is InChI=1S/C17H19NO3/c1-2-13-7-3-5-9-15(13)18-11-12-21-16-10-6-4-8-14(16)17(19)20/h3-10,18H,2,11-12H2,1H3,(H,19,20). The number of carbonyl (C=O) groups is 1. The molecule has 0 aliphatic carbocycles. The number of rotatable bonds is 7. The number of hydrogen-bond acceptors (Lipinski definition) is 3. The number of nitrogens with one attached hydrogen (secondary N) is 1. The van der Waals surface area contributed by atoms with Crippen molar-refractivity contribution in [3.05, 3.63) is 59.7 Å². The van der Waals surface area contributed by atoms with Crippen LogP contribution in [0.1, 0.15) is 22.8 Å². The number of hydrogen-bond donors (Lipinski definition) is 2. The highest BCUT2D eigenvalue weighted by Crippen LogP contribution is 2.18. The fraction of sp³-hybridized carbons (Fsp3) is 0.235. The first kappa shape index (κ1) is 14.9. The van der Waals surface area contributed by atoms with Crippen LogP contribution in [-0.2, 0) is 6.42 Å². The topological polar surface area (TPSA) is 58.6 Å². The SMILES string of the molecule is CCc1ccccc1NCCOc1ccccc1C(=O)O. The first-order chi connectivity index (χ1) is 10.2. The number of aryl methyl sites for hydroxylation is 1. The summed E-state index contributed by atoms with van der Waals surface area (Å²) in [6, 6.07) is 14.8. The van der Waals surface area contributed by atoms with Gasteiger partial charge in [0.2, 0.25) is 0 Å². The van der Waals surface area contributed by atoms with E-state index >= 15 is 0 Å². The Hall–Kier alpha value is -2.49. The molecule has 0 radical (unpaired) electrons. The Morgan fingerprint density at radius 3 is 2.62 bits per heavy atom. The van der Waals surface area contributed by atoms with Gasteiger partial charge in [-0.3, -0.25) is 0 Å². The summed E-state index contributed by atoms with van der Waals surface area (Å²) < 4.78 is 5.55. The molecule has 0 aliphatic heterocycles. The predicted octanol–water partition coefficient (Wildman–Crippen LogP) is 3.44. The van der Waals surface area contributed by atoms with E-state index < -0.39 is 5.97 Å². The van der Waals surface area contributed by atoms with Crippen LogP contribution in [0.2, 0.25) is 0 Å². The van der Waals surface area contributed by atoms with Crippen LogP contribution in [0.3, 0.4) is 0 Å². The maximum absolute atomic E-state index is 11.1. The fourth-order valence-electron chi connectivity index (χ4n) is 2.12. The third-order valence-corrected chi connectivity index (χ3v) is 3.19. The molecule has 2 rings (SSSR count). The van der Waals surface area contributed by atoms with Crippen molar-refractivity contribution in [1.82, 2.24) is 0 Å². The normalized spacial score (nSPS) is 10.1. The molecule has 0 aliphatic rings. The van der Waals surface area contributed by atoms with Gasteiger partial charge in [0.1, 0.15) is 17.9 Å². The van der Waals surface area contributed by atoms with Crippen molar-refractivity contribution in [3.63, 3.8) is 0 Å². The lowest BCUT2D eigenvalue weighted by Crippen LogP contribution is -2.13. The zero-order valence-corrected chi connectivity index (χ0v) is 12.0. The molecule has 0 spiro atoms. The molecule has 0 fully saturated rings. The van der Waals surface area contributed by atoms with Crippen molar-refractivity contribution >= 4 is 11.7 Å². The summed E-state index contributed by atoms with van der Waals surface area (Å²) in [5.74, 6) is -0.578. The molecule has 0 bridgehead atoms. The van der Waals surface area contributed by atoms with E-state index in [1.807, 2.05) is 18.2 Å². The first-order valence-corrected chi connectivity index (χ1v) is 6.99.